The Kier molecular flexibility index (Phi) is 1.65. The molecule has 0 radical (unpaired) electrons. The van der Waals surface area contributed by atoms with Gasteiger partial charge >= 0.3 is 0 Å². The summed E-state index contributed by atoms with van der Waals surface area (Å²) in [7, 11) is 0. The van der Waals surface area contributed by atoms with Crippen LogP contribution in [0.3, 0.4) is 0 Å². The number of nitrogens with zero attached hydrogens (tertiary/aromatic N) is 2. The van der Waals surface area contributed by atoms with Crippen LogP contribution in [0.1, 0.15) is 24.4 Å². The van der Waals surface area contributed by atoms with Gasteiger partial charge in [0.2, 0.25) is 0 Å². The van der Waals surface area contributed by atoms with Gasteiger partial charge in [-0.05, 0) is 25.8 Å². The van der Waals surface area contributed by atoms with Crippen molar-refractivity contribution in [3.63, 3.8) is 0 Å². The van der Waals surface area contributed by atoms with Crippen molar-refractivity contribution in [2.75, 3.05) is 6.61 Å². The zero-order valence-corrected chi connectivity index (χ0v) is 8.71. The van der Waals surface area contributed by atoms with Crippen molar-refractivity contribution < 1.29 is 4.74 Å². The van der Waals surface area contributed by atoms with Crippen molar-refractivity contribution in [3.8, 4) is 0 Å². The highest BCUT2D eigenvalue weighted by Gasteiger charge is 2.55. The highest BCUT2D eigenvalue weighted by atomic mass is 35.5. The van der Waals surface area contributed by atoms with Gasteiger partial charge in [0.15, 0.2) is 0 Å². The van der Waals surface area contributed by atoms with Crippen LogP contribution < -0.4 is 0 Å². The number of hydrogen-bond donors (Lipinski definition) is 0. The lowest BCUT2D eigenvalue weighted by Gasteiger charge is -2.33. The number of hydrogen-bond acceptors (Lipinski definition) is 3. The van der Waals surface area contributed by atoms with E-state index in [0.717, 1.165) is 31.0 Å². The van der Waals surface area contributed by atoms with E-state index in [1.807, 2.05) is 6.92 Å². The fraction of sp³-hybridized carbons (Fsp3) is 0.600. The molecule has 2 saturated heterocycles. The molecule has 4 rings (SSSR count). The summed E-state index contributed by atoms with van der Waals surface area (Å²) in [6.07, 6.45) is 2.57. The Balaban J connectivity index is 2.03. The van der Waals surface area contributed by atoms with Gasteiger partial charge in [-0.2, -0.15) is 0 Å². The van der Waals surface area contributed by atoms with E-state index in [1.165, 1.54) is 0 Å². The quantitative estimate of drug-likeness (QED) is 0.664. The van der Waals surface area contributed by atoms with E-state index in [2.05, 4.69) is 9.97 Å². The lowest BCUT2D eigenvalue weighted by molar-refractivity contribution is 0.122. The van der Waals surface area contributed by atoms with Gasteiger partial charge in [-0.3, -0.25) is 0 Å². The smallest absolute Gasteiger partial charge is 0.138 e. The number of ether oxygens (including phenoxy) is 1. The van der Waals surface area contributed by atoms with E-state index >= 15 is 0 Å². The first-order valence-electron chi connectivity index (χ1n) is 4.81. The lowest BCUT2D eigenvalue weighted by atomic mass is 9.69. The summed E-state index contributed by atoms with van der Waals surface area (Å²) >= 11 is 5.92. The van der Waals surface area contributed by atoms with Crippen LogP contribution in [0.4, 0.5) is 0 Å². The van der Waals surface area contributed by atoms with Crippen LogP contribution in [-0.4, -0.2) is 22.7 Å². The molecule has 0 N–H and O–H groups in total. The summed E-state index contributed by atoms with van der Waals surface area (Å²) in [6, 6.07) is 1.79. The second-order valence-electron chi connectivity index (χ2n) is 4.28. The molecule has 2 bridgehead atoms. The van der Waals surface area contributed by atoms with Gasteiger partial charge in [0, 0.05) is 5.69 Å². The van der Waals surface area contributed by atoms with E-state index in [1.54, 1.807) is 6.07 Å². The monoisotopic (exact) mass is 210 g/mol. The molecule has 3 heterocycles. The molecule has 14 heavy (non-hydrogen) atoms. The molecule has 0 amide bonds. The molecule has 0 atom stereocenters. The molecule has 0 aromatic carbocycles. The van der Waals surface area contributed by atoms with Crippen LogP contribution in [0.5, 0.6) is 0 Å². The minimum atomic E-state index is 0.0837. The molecule has 0 spiro atoms. The molecular formula is C10H11ClN2O. The first-order valence-corrected chi connectivity index (χ1v) is 5.19. The normalized spacial score (nSPS) is 34.3. The maximum absolute atomic E-state index is 5.92. The number of halogens is 1. The maximum Gasteiger partial charge on any atom is 0.138 e. The maximum atomic E-state index is 5.92. The fourth-order valence-electron chi connectivity index (χ4n) is 2.34. The molecule has 4 heteroatoms. The van der Waals surface area contributed by atoms with Crippen LogP contribution in [0.15, 0.2) is 6.07 Å². The van der Waals surface area contributed by atoms with E-state index in [9.17, 15) is 0 Å². The largest absolute Gasteiger partial charge is 0.377 e. The molecule has 0 unspecified atom stereocenters. The van der Waals surface area contributed by atoms with E-state index in [-0.39, 0.29) is 5.41 Å². The van der Waals surface area contributed by atoms with E-state index in [4.69, 9.17) is 16.3 Å². The number of aromatic nitrogens is 2. The van der Waals surface area contributed by atoms with Gasteiger partial charge in [0.05, 0.1) is 18.1 Å². The van der Waals surface area contributed by atoms with Gasteiger partial charge in [0.1, 0.15) is 11.0 Å². The van der Waals surface area contributed by atoms with Crippen LogP contribution in [-0.2, 0) is 10.2 Å². The van der Waals surface area contributed by atoms with Gasteiger partial charge in [-0.25, -0.2) is 9.97 Å². The Bertz CT molecular complexity index is 362. The lowest BCUT2D eigenvalue weighted by Crippen LogP contribution is -2.38. The third kappa shape index (κ3) is 1.09. The molecule has 3 fully saturated rings. The van der Waals surface area contributed by atoms with Crippen LogP contribution in [0, 0.1) is 6.92 Å². The molecule has 1 aromatic rings. The van der Waals surface area contributed by atoms with Gasteiger partial charge in [-0.1, -0.05) is 11.6 Å². The molecule has 74 valence electrons. The molecule has 1 aromatic heterocycles. The summed E-state index contributed by atoms with van der Waals surface area (Å²) < 4.78 is 5.54. The molecule has 3 aliphatic rings. The summed E-state index contributed by atoms with van der Waals surface area (Å²) in [4.78, 5) is 8.75. The highest BCUT2D eigenvalue weighted by Crippen LogP contribution is 2.50. The summed E-state index contributed by atoms with van der Waals surface area (Å²) in [5.74, 6) is 0.872. The zero-order chi connectivity index (χ0) is 9.76. The van der Waals surface area contributed by atoms with Crippen molar-refractivity contribution in [1.29, 1.82) is 0 Å². The molecule has 1 saturated carbocycles. The predicted molar refractivity (Wildman–Crippen MR) is 52.4 cm³/mol. The van der Waals surface area contributed by atoms with Gasteiger partial charge in [0.25, 0.3) is 0 Å². The summed E-state index contributed by atoms with van der Waals surface area (Å²) in [6.45, 7) is 2.71. The third-order valence-corrected chi connectivity index (χ3v) is 3.32. The number of fused-ring (bicyclic) bond motifs is 1. The van der Waals surface area contributed by atoms with Gasteiger partial charge in [-0.15, -0.1) is 0 Å². The average molecular weight is 211 g/mol. The summed E-state index contributed by atoms with van der Waals surface area (Å²) in [5, 5.41) is 0.539. The average Bonchev–Trinajstić information content (AvgIpc) is 2.58. The van der Waals surface area contributed by atoms with Crippen molar-refractivity contribution in [2.24, 2.45) is 0 Å². The second kappa shape index (κ2) is 2.67. The highest BCUT2D eigenvalue weighted by molar-refractivity contribution is 6.29. The third-order valence-electron chi connectivity index (χ3n) is 3.13. The predicted octanol–water partition coefficient (Wildman–Crippen LogP) is 1.87. The van der Waals surface area contributed by atoms with Crippen molar-refractivity contribution >= 4 is 11.6 Å². The molecule has 2 aliphatic heterocycles. The van der Waals surface area contributed by atoms with Crippen molar-refractivity contribution in [3.05, 3.63) is 22.7 Å². The van der Waals surface area contributed by atoms with Crippen LogP contribution >= 0.6 is 11.6 Å². The summed E-state index contributed by atoms with van der Waals surface area (Å²) in [5.41, 5.74) is 1.02. The van der Waals surface area contributed by atoms with Crippen LogP contribution in [0.2, 0.25) is 5.15 Å². The Morgan fingerprint density at radius 1 is 1.50 bits per heavy atom. The van der Waals surface area contributed by atoms with Crippen molar-refractivity contribution in [2.45, 2.75) is 31.3 Å². The minimum absolute atomic E-state index is 0.0837. The molecular weight excluding hydrogens is 200 g/mol. The molecule has 1 aliphatic carbocycles. The zero-order valence-electron chi connectivity index (χ0n) is 7.96. The van der Waals surface area contributed by atoms with E-state index in [0.29, 0.717) is 11.3 Å². The minimum Gasteiger partial charge on any atom is -0.377 e. The van der Waals surface area contributed by atoms with E-state index < -0.39 is 0 Å². The first kappa shape index (κ1) is 8.62. The number of aryl methyl sites for hydroxylation is 1. The molecule has 3 nitrogen and oxygen atoms in total. The topological polar surface area (TPSA) is 35.0 Å². The second-order valence-corrected chi connectivity index (χ2v) is 4.66. The standard InChI is InChI=1S/C10H11ClN2O/c1-6-2-8(11)13-9(12-6)10-3-7(4-10)14-5-10/h2,7H,3-5H2,1H3. The SMILES string of the molecule is Cc1cc(Cl)nc(C23COC(C2)C3)n1. The Labute approximate surface area is 87.5 Å². The Morgan fingerprint density at radius 2 is 2.29 bits per heavy atom. The van der Waals surface area contributed by atoms with Crippen LogP contribution in [0.25, 0.3) is 0 Å². The van der Waals surface area contributed by atoms with Crippen molar-refractivity contribution in [1.82, 2.24) is 9.97 Å². The Morgan fingerprint density at radius 3 is 2.86 bits per heavy atom. The number of rotatable bonds is 1. The fourth-order valence-corrected chi connectivity index (χ4v) is 2.58. The van der Waals surface area contributed by atoms with Gasteiger partial charge < -0.3 is 4.74 Å². The first-order chi connectivity index (χ1) is 6.68. The Hall–Kier alpha value is -0.670.